The fourth-order valence-electron chi connectivity index (χ4n) is 3.03. The van der Waals surface area contributed by atoms with E-state index in [9.17, 15) is 4.39 Å². The van der Waals surface area contributed by atoms with E-state index in [1.807, 2.05) is 18.2 Å². The Bertz CT molecular complexity index is 646. The molecule has 0 spiro atoms. The van der Waals surface area contributed by atoms with E-state index in [0.29, 0.717) is 5.75 Å². The molecule has 2 aromatic carbocycles. The van der Waals surface area contributed by atoms with Gasteiger partial charge in [-0.1, -0.05) is 36.4 Å². The van der Waals surface area contributed by atoms with Crippen LogP contribution in [-0.4, -0.2) is 30.2 Å². The Labute approximate surface area is 122 Å². The van der Waals surface area contributed by atoms with Gasteiger partial charge in [-0.3, -0.25) is 4.90 Å². The van der Waals surface area contributed by atoms with Crippen molar-refractivity contribution in [2.24, 2.45) is 0 Å². The third-order valence-corrected chi connectivity index (χ3v) is 4.02. The van der Waals surface area contributed by atoms with E-state index in [2.05, 4.69) is 17.0 Å². The number of nitrogens with zero attached hydrogens (tertiary/aromatic N) is 1. The number of ether oxygens (including phenoxy) is 2. The second-order valence-electron chi connectivity index (χ2n) is 5.56. The number of hydrogen-bond acceptors (Lipinski definition) is 3. The summed E-state index contributed by atoms with van der Waals surface area (Å²) in [5.41, 5.74) is 1.26. The Morgan fingerprint density at radius 3 is 2.52 bits per heavy atom. The molecule has 21 heavy (non-hydrogen) atoms. The fraction of sp³-hybridized carbons (Fsp3) is 0.294. The van der Waals surface area contributed by atoms with Crippen molar-refractivity contribution in [1.82, 2.24) is 4.90 Å². The van der Waals surface area contributed by atoms with Crippen molar-refractivity contribution in [3.63, 3.8) is 0 Å². The zero-order chi connectivity index (χ0) is 14.2. The zero-order valence-corrected chi connectivity index (χ0v) is 11.5. The summed E-state index contributed by atoms with van der Waals surface area (Å²) in [6.07, 6.45) is -0.124. The molecule has 2 heterocycles. The van der Waals surface area contributed by atoms with Crippen LogP contribution < -0.4 is 9.47 Å². The number of hydrogen-bond donors (Lipinski definition) is 0. The van der Waals surface area contributed by atoms with Crippen molar-refractivity contribution in [3.05, 3.63) is 59.9 Å². The molecule has 2 aliphatic heterocycles. The summed E-state index contributed by atoms with van der Waals surface area (Å²) in [6, 6.07) is 15.1. The van der Waals surface area contributed by atoms with Gasteiger partial charge >= 0.3 is 0 Å². The minimum absolute atomic E-state index is 0.0250. The molecule has 0 amide bonds. The minimum atomic E-state index is -0.354. The predicted octanol–water partition coefficient (Wildman–Crippen LogP) is 2.85. The van der Waals surface area contributed by atoms with Gasteiger partial charge in [-0.05, 0) is 17.7 Å². The molecule has 0 radical (unpaired) electrons. The maximum absolute atomic E-state index is 13.8. The highest BCUT2D eigenvalue weighted by Crippen LogP contribution is 2.38. The first-order valence-corrected chi connectivity index (χ1v) is 7.18. The fourth-order valence-corrected chi connectivity index (χ4v) is 3.03. The SMILES string of the molecule is Fc1cccc2c1O[C@@H]1CN(Cc3ccccc3)C[C@H]1O2. The number of para-hydroxylation sites is 1. The monoisotopic (exact) mass is 285 g/mol. The molecule has 2 aromatic rings. The Balaban J connectivity index is 1.49. The smallest absolute Gasteiger partial charge is 0.197 e. The van der Waals surface area contributed by atoms with Crippen LogP contribution >= 0.6 is 0 Å². The van der Waals surface area contributed by atoms with Crippen molar-refractivity contribution in [1.29, 1.82) is 0 Å². The lowest BCUT2D eigenvalue weighted by Crippen LogP contribution is -2.38. The average Bonchev–Trinajstić information content (AvgIpc) is 2.88. The third kappa shape index (κ3) is 2.36. The van der Waals surface area contributed by atoms with Crippen LogP contribution in [0.2, 0.25) is 0 Å². The minimum Gasteiger partial charge on any atom is -0.481 e. The van der Waals surface area contributed by atoms with Crippen molar-refractivity contribution < 1.29 is 13.9 Å². The largest absolute Gasteiger partial charge is 0.481 e. The second kappa shape index (κ2) is 5.04. The summed E-state index contributed by atoms with van der Waals surface area (Å²) in [5, 5.41) is 0. The Morgan fingerprint density at radius 2 is 1.71 bits per heavy atom. The first-order chi connectivity index (χ1) is 10.3. The van der Waals surface area contributed by atoms with Crippen molar-refractivity contribution in [2.45, 2.75) is 18.8 Å². The highest BCUT2D eigenvalue weighted by atomic mass is 19.1. The standard InChI is InChI=1S/C17H16FNO2/c18-13-7-4-8-14-17(13)21-16-11-19(10-15(16)20-14)9-12-5-2-1-3-6-12/h1-8,15-16H,9-11H2/t15-,16-/m1/s1. The van der Waals surface area contributed by atoms with E-state index in [-0.39, 0.29) is 23.8 Å². The number of fused-ring (bicyclic) bond motifs is 2. The number of benzene rings is 2. The summed E-state index contributed by atoms with van der Waals surface area (Å²) in [6.45, 7) is 2.42. The van der Waals surface area contributed by atoms with Crippen LogP contribution in [-0.2, 0) is 6.54 Å². The van der Waals surface area contributed by atoms with Gasteiger partial charge in [0.2, 0.25) is 0 Å². The zero-order valence-electron chi connectivity index (χ0n) is 11.5. The predicted molar refractivity (Wildman–Crippen MR) is 77.0 cm³/mol. The van der Waals surface area contributed by atoms with Gasteiger partial charge < -0.3 is 9.47 Å². The number of rotatable bonds is 2. The van der Waals surface area contributed by atoms with E-state index < -0.39 is 0 Å². The molecule has 0 aliphatic carbocycles. The first-order valence-electron chi connectivity index (χ1n) is 7.18. The molecular formula is C17H16FNO2. The van der Waals surface area contributed by atoms with Crippen LogP contribution in [0.1, 0.15) is 5.56 Å². The number of halogens is 1. The summed E-state index contributed by atoms with van der Waals surface area (Å²) in [7, 11) is 0. The van der Waals surface area contributed by atoms with Gasteiger partial charge in [0.05, 0.1) is 0 Å². The highest BCUT2D eigenvalue weighted by Gasteiger charge is 2.40. The molecule has 0 bridgehead atoms. The average molecular weight is 285 g/mol. The lowest BCUT2D eigenvalue weighted by atomic mass is 10.2. The van der Waals surface area contributed by atoms with Gasteiger partial charge in [0, 0.05) is 19.6 Å². The van der Waals surface area contributed by atoms with Crippen LogP contribution in [0.25, 0.3) is 0 Å². The Hall–Kier alpha value is -2.07. The van der Waals surface area contributed by atoms with Gasteiger partial charge in [-0.15, -0.1) is 0 Å². The maximum Gasteiger partial charge on any atom is 0.197 e. The van der Waals surface area contributed by atoms with Crippen LogP contribution in [0, 0.1) is 5.82 Å². The Morgan fingerprint density at radius 1 is 0.952 bits per heavy atom. The Kier molecular flexibility index (Phi) is 3.04. The molecule has 1 saturated heterocycles. The second-order valence-corrected chi connectivity index (χ2v) is 5.56. The molecule has 0 N–H and O–H groups in total. The molecule has 0 aromatic heterocycles. The van der Waals surface area contributed by atoms with Crippen molar-refractivity contribution in [2.75, 3.05) is 13.1 Å². The molecule has 108 valence electrons. The van der Waals surface area contributed by atoms with Crippen LogP contribution in [0.4, 0.5) is 4.39 Å². The topological polar surface area (TPSA) is 21.7 Å². The lowest BCUT2D eigenvalue weighted by molar-refractivity contribution is 0.0510. The summed E-state index contributed by atoms with van der Waals surface area (Å²) in [4.78, 5) is 2.29. The summed E-state index contributed by atoms with van der Waals surface area (Å²) in [5.74, 6) is 0.408. The molecule has 1 fully saturated rings. The molecule has 4 rings (SSSR count). The van der Waals surface area contributed by atoms with Gasteiger partial charge in [0.15, 0.2) is 17.3 Å². The van der Waals surface area contributed by atoms with Crippen LogP contribution in [0.5, 0.6) is 11.5 Å². The maximum atomic E-state index is 13.8. The summed E-state index contributed by atoms with van der Waals surface area (Å²) < 4.78 is 25.5. The molecule has 0 unspecified atom stereocenters. The van der Waals surface area contributed by atoms with Crippen molar-refractivity contribution >= 4 is 0 Å². The third-order valence-electron chi connectivity index (χ3n) is 4.02. The van der Waals surface area contributed by atoms with Gasteiger partial charge in [0.1, 0.15) is 12.2 Å². The number of likely N-dealkylation sites (tertiary alicyclic amines) is 1. The van der Waals surface area contributed by atoms with E-state index >= 15 is 0 Å². The van der Waals surface area contributed by atoms with Crippen molar-refractivity contribution in [3.8, 4) is 11.5 Å². The van der Waals surface area contributed by atoms with E-state index in [0.717, 1.165) is 19.6 Å². The van der Waals surface area contributed by atoms with E-state index in [4.69, 9.17) is 9.47 Å². The summed E-state index contributed by atoms with van der Waals surface area (Å²) >= 11 is 0. The quantitative estimate of drug-likeness (QED) is 0.847. The van der Waals surface area contributed by atoms with Gasteiger partial charge in [-0.25, -0.2) is 4.39 Å². The molecule has 2 atom stereocenters. The normalized spacial score (nSPS) is 23.9. The van der Waals surface area contributed by atoms with Crippen LogP contribution in [0.3, 0.4) is 0 Å². The molecular weight excluding hydrogens is 269 g/mol. The molecule has 3 nitrogen and oxygen atoms in total. The van der Waals surface area contributed by atoms with Crippen LogP contribution in [0.15, 0.2) is 48.5 Å². The lowest BCUT2D eigenvalue weighted by Gasteiger charge is -2.28. The highest BCUT2D eigenvalue weighted by molar-refractivity contribution is 5.43. The van der Waals surface area contributed by atoms with E-state index in [1.54, 1.807) is 12.1 Å². The molecule has 4 heteroatoms. The molecule has 2 aliphatic rings. The van der Waals surface area contributed by atoms with Gasteiger partial charge in [0.25, 0.3) is 0 Å². The van der Waals surface area contributed by atoms with E-state index in [1.165, 1.54) is 11.6 Å². The molecule has 0 saturated carbocycles. The van der Waals surface area contributed by atoms with Gasteiger partial charge in [-0.2, -0.15) is 0 Å². The first kappa shape index (κ1) is 12.7.